The third kappa shape index (κ3) is 2.38. The largest absolute Gasteiger partial charge is 0.493 e. The quantitative estimate of drug-likeness (QED) is 0.744. The molecule has 2 heterocycles. The number of hydrogen-bond acceptors (Lipinski definition) is 4. The van der Waals surface area contributed by atoms with Gasteiger partial charge in [-0.3, -0.25) is 4.79 Å². The first-order chi connectivity index (χ1) is 11.8. The van der Waals surface area contributed by atoms with Crippen molar-refractivity contribution in [2.45, 2.75) is 20.0 Å². The van der Waals surface area contributed by atoms with Gasteiger partial charge < -0.3 is 9.64 Å². The fourth-order valence-corrected chi connectivity index (χ4v) is 3.15. The molecule has 0 N–H and O–H groups in total. The predicted octanol–water partition coefficient (Wildman–Crippen LogP) is 3.18. The van der Waals surface area contributed by atoms with Crippen molar-refractivity contribution < 1.29 is 9.53 Å². The van der Waals surface area contributed by atoms with Gasteiger partial charge in [0.25, 0.3) is 5.91 Å². The topological polar surface area (TPSA) is 55.3 Å². The number of carbonyl (C=O) groups is 1. The molecule has 24 heavy (non-hydrogen) atoms. The summed E-state index contributed by atoms with van der Waals surface area (Å²) in [7, 11) is 0. The highest BCUT2D eigenvalue weighted by molar-refractivity contribution is 6.09. The van der Waals surface area contributed by atoms with Crippen LogP contribution in [0.15, 0.2) is 48.9 Å². The van der Waals surface area contributed by atoms with Crippen LogP contribution < -0.4 is 4.74 Å². The smallest absolute Gasteiger partial charge is 0.258 e. The summed E-state index contributed by atoms with van der Waals surface area (Å²) in [5.74, 6) is 0.594. The molecule has 0 radical (unpaired) electrons. The van der Waals surface area contributed by atoms with Crippen LogP contribution in [0.4, 0.5) is 0 Å². The highest BCUT2D eigenvalue weighted by Gasteiger charge is 2.28. The summed E-state index contributed by atoms with van der Waals surface area (Å²) in [6.07, 6.45) is 3.30. The van der Waals surface area contributed by atoms with E-state index in [1.54, 1.807) is 11.1 Å². The van der Waals surface area contributed by atoms with Crippen LogP contribution in [0, 0.1) is 0 Å². The van der Waals surface area contributed by atoms with E-state index in [9.17, 15) is 4.79 Å². The second-order valence-electron chi connectivity index (χ2n) is 5.75. The highest BCUT2D eigenvalue weighted by Crippen LogP contribution is 2.31. The van der Waals surface area contributed by atoms with E-state index in [4.69, 9.17) is 4.74 Å². The minimum atomic E-state index is -0.0340. The van der Waals surface area contributed by atoms with Crippen LogP contribution in [0.2, 0.25) is 0 Å². The Labute approximate surface area is 139 Å². The summed E-state index contributed by atoms with van der Waals surface area (Å²) in [6, 6.07) is 11.8. The Kier molecular flexibility index (Phi) is 3.61. The summed E-state index contributed by atoms with van der Waals surface area (Å²) in [6.45, 7) is 3.48. The molecule has 0 unspecified atom stereocenters. The first kappa shape index (κ1) is 14.6. The molecule has 0 spiro atoms. The summed E-state index contributed by atoms with van der Waals surface area (Å²) in [4.78, 5) is 23.3. The van der Waals surface area contributed by atoms with E-state index < -0.39 is 0 Å². The zero-order valence-electron chi connectivity index (χ0n) is 13.4. The van der Waals surface area contributed by atoms with E-state index in [-0.39, 0.29) is 5.91 Å². The fraction of sp³-hybridized carbons (Fsp3) is 0.211. The van der Waals surface area contributed by atoms with Crippen LogP contribution in [-0.4, -0.2) is 27.4 Å². The molecule has 0 saturated heterocycles. The zero-order valence-corrected chi connectivity index (χ0v) is 13.4. The van der Waals surface area contributed by atoms with Crippen molar-refractivity contribution in [1.29, 1.82) is 0 Å². The minimum absolute atomic E-state index is 0.0340. The van der Waals surface area contributed by atoms with E-state index in [1.807, 2.05) is 43.3 Å². The van der Waals surface area contributed by atoms with Crippen molar-refractivity contribution in [3.8, 4) is 5.75 Å². The molecule has 5 heteroatoms. The molecular formula is C19H17N3O2. The number of benzene rings is 2. The van der Waals surface area contributed by atoms with E-state index in [0.717, 1.165) is 22.0 Å². The maximum atomic E-state index is 13.2. The fourth-order valence-electron chi connectivity index (χ4n) is 3.15. The molecule has 0 atom stereocenters. The number of aromatic nitrogens is 2. The minimum Gasteiger partial charge on any atom is -0.493 e. The van der Waals surface area contributed by atoms with Gasteiger partial charge in [0.2, 0.25) is 0 Å². The maximum Gasteiger partial charge on any atom is 0.258 e. The van der Waals surface area contributed by atoms with Gasteiger partial charge in [-0.15, -0.1) is 0 Å². The maximum absolute atomic E-state index is 13.2. The molecule has 0 bridgehead atoms. The second-order valence-corrected chi connectivity index (χ2v) is 5.75. The lowest BCUT2D eigenvalue weighted by Gasteiger charge is -2.19. The van der Waals surface area contributed by atoms with Crippen LogP contribution in [0.1, 0.15) is 28.5 Å². The molecule has 4 rings (SSSR count). The Morgan fingerprint density at radius 1 is 1.21 bits per heavy atom. The van der Waals surface area contributed by atoms with Gasteiger partial charge in [0.15, 0.2) is 0 Å². The highest BCUT2D eigenvalue weighted by atomic mass is 16.5. The Morgan fingerprint density at radius 2 is 2.08 bits per heavy atom. The van der Waals surface area contributed by atoms with Crippen molar-refractivity contribution in [3.05, 3.63) is 65.7 Å². The number of fused-ring (bicyclic) bond motifs is 2. The summed E-state index contributed by atoms with van der Waals surface area (Å²) < 4.78 is 5.73. The molecule has 1 aliphatic heterocycles. The van der Waals surface area contributed by atoms with Crippen molar-refractivity contribution in [2.24, 2.45) is 0 Å². The van der Waals surface area contributed by atoms with Gasteiger partial charge in [-0.25, -0.2) is 9.97 Å². The molecule has 5 nitrogen and oxygen atoms in total. The van der Waals surface area contributed by atoms with Crippen molar-refractivity contribution in [2.75, 3.05) is 6.61 Å². The number of hydrogen-bond donors (Lipinski definition) is 0. The Hall–Kier alpha value is -2.95. The van der Waals surface area contributed by atoms with Crippen LogP contribution in [0.5, 0.6) is 5.75 Å². The van der Waals surface area contributed by atoms with Gasteiger partial charge >= 0.3 is 0 Å². The van der Waals surface area contributed by atoms with Crippen molar-refractivity contribution in [3.63, 3.8) is 0 Å². The average Bonchev–Trinajstić information content (AvgIpc) is 3.05. The van der Waals surface area contributed by atoms with Crippen LogP contribution in [0.25, 0.3) is 10.8 Å². The average molecular weight is 319 g/mol. The monoisotopic (exact) mass is 319 g/mol. The standard InChI is InChI=1S/C19H17N3O2/c1-2-24-17-8-7-13-5-3-4-6-15(13)18(17)19(23)22-10-14-9-20-12-21-16(14)11-22/h3-9,12H,2,10-11H2,1H3. The van der Waals surface area contributed by atoms with Gasteiger partial charge in [-0.2, -0.15) is 0 Å². The molecule has 1 aliphatic rings. The lowest BCUT2D eigenvalue weighted by atomic mass is 10.0. The molecule has 0 saturated carbocycles. The zero-order chi connectivity index (χ0) is 16.5. The van der Waals surface area contributed by atoms with E-state index in [2.05, 4.69) is 9.97 Å². The molecule has 2 aromatic carbocycles. The van der Waals surface area contributed by atoms with Gasteiger partial charge in [-0.1, -0.05) is 30.3 Å². The third-order valence-electron chi connectivity index (χ3n) is 4.27. The summed E-state index contributed by atoms with van der Waals surface area (Å²) in [5.41, 5.74) is 2.54. The molecule has 0 fully saturated rings. The first-order valence-corrected chi connectivity index (χ1v) is 7.99. The van der Waals surface area contributed by atoms with Gasteiger partial charge in [0.1, 0.15) is 12.1 Å². The normalized spacial score (nSPS) is 13.1. The summed E-state index contributed by atoms with van der Waals surface area (Å²) >= 11 is 0. The molecule has 0 aliphatic carbocycles. The predicted molar refractivity (Wildman–Crippen MR) is 90.7 cm³/mol. The molecule has 3 aromatic rings. The number of carbonyl (C=O) groups excluding carboxylic acids is 1. The lowest BCUT2D eigenvalue weighted by Crippen LogP contribution is -2.26. The van der Waals surface area contributed by atoms with E-state index in [0.29, 0.717) is 31.0 Å². The number of ether oxygens (including phenoxy) is 1. The van der Waals surface area contributed by atoms with Crippen LogP contribution in [0.3, 0.4) is 0 Å². The first-order valence-electron chi connectivity index (χ1n) is 7.99. The Balaban J connectivity index is 1.78. The summed E-state index contributed by atoms with van der Waals surface area (Å²) in [5, 5.41) is 1.94. The SMILES string of the molecule is CCOc1ccc2ccccc2c1C(=O)N1Cc2cncnc2C1. The van der Waals surface area contributed by atoms with E-state index >= 15 is 0 Å². The Bertz CT molecular complexity index is 898. The van der Waals surface area contributed by atoms with Crippen molar-refractivity contribution >= 4 is 16.7 Å². The van der Waals surface area contributed by atoms with Crippen LogP contribution >= 0.6 is 0 Å². The molecule has 1 amide bonds. The lowest BCUT2D eigenvalue weighted by molar-refractivity contribution is 0.0748. The van der Waals surface area contributed by atoms with Gasteiger partial charge in [-0.05, 0) is 23.8 Å². The number of nitrogens with zero attached hydrogens (tertiary/aromatic N) is 3. The number of rotatable bonds is 3. The molecular weight excluding hydrogens is 302 g/mol. The Morgan fingerprint density at radius 3 is 2.92 bits per heavy atom. The molecule has 120 valence electrons. The number of amides is 1. The van der Waals surface area contributed by atoms with E-state index in [1.165, 1.54) is 6.33 Å². The molecule has 1 aromatic heterocycles. The van der Waals surface area contributed by atoms with Crippen molar-refractivity contribution in [1.82, 2.24) is 14.9 Å². The van der Waals surface area contributed by atoms with Crippen LogP contribution in [-0.2, 0) is 13.1 Å². The second kappa shape index (κ2) is 5.92. The third-order valence-corrected chi connectivity index (χ3v) is 4.27. The van der Waals surface area contributed by atoms with Gasteiger partial charge in [0, 0.05) is 18.3 Å². The van der Waals surface area contributed by atoms with Gasteiger partial charge in [0.05, 0.1) is 24.4 Å².